The lowest BCUT2D eigenvalue weighted by molar-refractivity contribution is -0.537. The van der Waals surface area contributed by atoms with Crippen LogP contribution >= 0.6 is 0 Å². The van der Waals surface area contributed by atoms with Gasteiger partial charge in [0.1, 0.15) is 12.2 Å². The third-order valence-corrected chi connectivity index (χ3v) is 1.42. The highest BCUT2D eigenvalue weighted by Gasteiger charge is 2.21. The third-order valence-electron chi connectivity index (χ3n) is 1.42. The van der Waals surface area contributed by atoms with Crippen molar-refractivity contribution in [2.45, 2.75) is 32.5 Å². The van der Waals surface area contributed by atoms with E-state index < -0.39 is 23.0 Å². The molecular weight excluding hydrogens is 184 g/mol. The first-order chi connectivity index (χ1) is 5.97. The molecule has 2 unspecified atom stereocenters. The second-order valence-electron chi connectivity index (χ2n) is 2.37. The summed E-state index contributed by atoms with van der Waals surface area (Å²) >= 11 is 0. The van der Waals surface area contributed by atoms with Crippen LogP contribution in [0.15, 0.2) is 0 Å². The molecule has 8 nitrogen and oxygen atoms in total. The van der Waals surface area contributed by atoms with Gasteiger partial charge in [0, 0.05) is 0 Å². The minimum atomic E-state index is -0.748. The van der Waals surface area contributed by atoms with E-state index in [4.69, 9.17) is 20.8 Å². The maximum absolute atomic E-state index is 8.31. The first-order valence-corrected chi connectivity index (χ1v) is 3.66. The lowest BCUT2D eigenvalue weighted by Crippen LogP contribution is -2.37. The molecule has 0 aliphatic rings. The van der Waals surface area contributed by atoms with Crippen molar-refractivity contribution in [2.24, 2.45) is 0 Å². The normalized spacial score (nSPS) is 16.6. The highest BCUT2D eigenvalue weighted by Crippen LogP contribution is 2.08. The first-order valence-electron chi connectivity index (χ1n) is 3.66. The molecular formula is C5H14N2O6. The van der Waals surface area contributed by atoms with E-state index >= 15 is 0 Å². The minimum Gasteiger partial charge on any atom is -0.266 e. The Bertz CT molecular complexity index is 132. The summed E-state index contributed by atoms with van der Waals surface area (Å²) in [6, 6.07) is 0. The van der Waals surface area contributed by atoms with Crippen LogP contribution in [0.2, 0.25) is 0 Å². The van der Waals surface area contributed by atoms with Gasteiger partial charge in [-0.1, -0.05) is 6.92 Å². The summed E-state index contributed by atoms with van der Waals surface area (Å²) in [4.78, 5) is 8.81. The predicted molar refractivity (Wildman–Crippen MR) is 36.5 cm³/mol. The summed E-state index contributed by atoms with van der Waals surface area (Å²) in [7, 11) is 0. The lowest BCUT2D eigenvalue weighted by Gasteiger charge is -2.23. The van der Waals surface area contributed by atoms with Crippen molar-refractivity contribution < 1.29 is 30.5 Å². The molecule has 0 heterocycles. The van der Waals surface area contributed by atoms with Gasteiger partial charge in [0.2, 0.25) is 0 Å². The van der Waals surface area contributed by atoms with Crippen LogP contribution in [0.5, 0.6) is 0 Å². The fourth-order valence-electron chi connectivity index (χ4n) is 0.830. The van der Waals surface area contributed by atoms with E-state index in [0.717, 1.165) is 0 Å². The quantitative estimate of drug-likeness (QED) is 0.448. The van der Waals surface area contributed by atoms with Crippen LogP contribution in [0.4, 0.5) is 0 Å². The SMILES string of the molecule is CCC(ON(O)O)C(C)ON(O)O. The van der Waals surface area contributed by atoms with E-state index in [1.54, 1.807) is 6.92 Å². The Kier molecular flexibility index (Phi) is 6.03. The number of nitrogens with zero attached hydrogens (tertiary/aromatic N) is 2. The van der Waals surface area contributed by atoms with Gasteiger partial charge >= 0.3 is 0 Å². The molecule has 0 aromatic carbocycles. The summed E-state index contributed by atoms with van der Waals surface area (Å²) in [5, 5.41) is 32.3. The monoisotopic (exact) mass is 198 g/mol. The van der Waals surface area contributed by atoms with Gasteiger partial charge in [-0.15, -0.1) is 0 Å². The summed E-state index contributed by atoms with van der Waals surface area (Å²) in [5.41, 5.74) is 0. The molecule has 80 valence electrons. The van der Waals surface area contributed by atoms with Crippen molar-refractivity contribution in [3.05, 3.63) is 0 Å². The van der Waals surface area contributed by atoms with Gasteiger partial charge in [-0.2, -0.15) is 0 Å². The van der Waals surface area contributed by atoms with Crippen LogP contribution in [0.25, 0.3) is 0 Å². The van der Waals surface area contributed by atoms with Crippen molar-refractivity contribution in [3.8, 4) is 0 Å². The van der Waals surface area contributed by atoms with E-state index in [-0.39, 0.29) is 0 Å². The standard InChI is InChI=1S/C5H14N2O6/c1-3-5(13-7(10)11)4(2)12-6(8)9/h4-5,8-11H,3H2,1-2H3. The second-order valence-corrected chi connectivity index (χ2v) is 2.37. The van der Waals surface area contributed by atoms with Gasteiger partial charge in [0.05, 0.1) is 10.8 Å². The van der Waals surface area contributed by atoms with Gasteiger partial charge in [0.15, 0.2) is 0 Å². The topological polar surface area (TPSA) is 106 Å². The molecule has 0 saturated carbocycles. The fraction of sp³-hybridized carbons (Fsp3) is 1.00. The van der Waals surface area contributed by atoms with Crippen LogP contribution in [0.3, 0.4) is 0 Å². The van der Waals surface area contributed by atoms with Crippen LogP contribution < -0.4 is 0 Å². The van der Waals surface area contributed by atoms with Crippen molar-refractivity contribution in [1.29, 1.82) is 0 Å². The van der Waals surface area contributed by atoms with Crippen molar-refractivity contribution in [2.75, 3.05) is 0 Å². The van der Waals surface area contributed by atoms with E-state index in [9.17, 15) is 0 Å². The van der Waals surface area contributed by atoms with Gasteiger partial charge in [-0.25, -0.2) is 9.68 Å². The molecule has 0 spiro atoms. The smallest absolute Gasteiger partial charge is 0.112 e. The maximum atomic E-state index is 8.31. The summed E-state index contributed by atoms with van der Waals surface area (Å²) < 4.78 is 0. The Morgan fingerprint density at radius 2 is 1.54 bits per heavy atom. The molecule has 0 fully saturated rings. The molecule has 0 saturated heterocycles. The Labute approximate surface area is 74.8 Å². The average Bonchev–Trinajstić information content (AvgIpc) is 1.98. The highest BCUT2D eigenvalue weighted by molar-refractivity contribution is 4.61. The number of rotatable bonds is 6. The van der Waals surface area contributed by atoms with Crippen LogP contribution in [0.1, 0.15) is 20.3 Å². The van der Waals surface area contributed by atoms with E-state index in [1.807, 2.05) is 0 Å². The number of hydrogen-bond acceptors (Lipinski definition) is 8. The molecule has 0 aromatic rings. The Morgan fingerprint density at radius 1 is 1.08 bits per heavy atom. The van der Waals surface area contributed by atoms with Gasteiger partial charge in [0.25, 0.3) is 0 Å². The molecule has 2 atom stereocenters. The zero-order valence-corrected chi connectivity index (χ0v) is 7.36. The molecule has 13 heavy (non-hydrogen) atoms. The zero-order chi connectivity index (χ0) is 10.4. The molecule has 0 aliphatic heterocycles. The fourth-order valence-corrected chi connectivity index (χ4v) is 0.830. The molecule has 0 aromatic heterocycles. The van der Waals surface area contributed by atoms with Gasteiger partial charge in [-0.05, 0) is 13.3 Å². The van der Waals surface area contributed by atoms with Crippen LogP contribution in [-0.2, 0) is 9.68 Å². The van der Waals surface area contributed by atoms with Gasteiger partial charge in [-0.3, -0.25) is 20.8 Å². The third kappa shape index (κ3) is 5.85. The minimum absolute atomic E-state index is 0.395. The Morgan fingerprint density at radius 3 is 1.85 bits per heavy atom. The largest absolute Gasteiger partial charge is 0.266 e. The molecule has 4 N–H and O–H groups in total. The van der Waals surface area contributed by atoms with E-state index in [2.05, 4.69) is 9.68 Å². The molecule has 0 aliphatic carbocycles. The average molecular weight is 198 g/mol. The second kappa shape index (κ2) is 6.18. The summed E-state index contributed by atoms with van der Waals surface area (Å²) in [6.45, 7) is 3.17. The number of hydrogen-bond donors (Lipinski definition) is 4. The lowest BCUT2D eigenvalue weighted by atomic mass is 10.2. The highest BCUT2D eigenvalue weighted by atomic mass is 17.1. The van der Waals surface area contributed by atoms with Crippen LogP contribution in [-0.4, -0.2) is 43.8 Å². The first kappa shape index (κ1) is 12.7. The maximum Gasteiger partial charge on any atom is 0.112 e. The summed E-state index contributed by atoms with van der Waals surface area (Å²) in [5.74, 6) is 0. The molecule has 0 amide bonds. The Hall–Kier alpha value is -0.320. The molecule has 0 bridgehead atoms. The van der Waals surface area contributed by atoms with Crippen LogP contribution in [0, 0.1) is 0 Å². The van der Waals surface area contributed by atoms with E-state index in [0.29, 0.717) is 6.42 Å². The molecule has 0 radical (unpaired) electrons. The van der Waals surface area contributed by atoms with Crippen molar-refractivity contribution in [1.82, 2.24) is 10.8 Å². The zero-order valence-electron chi connectivity index (χ0n) is 7.36. The van der Waals surface area contributed by atoms with E-state index in [1.165, 1.54) is 6.92 Å². The van der Waals surface area contributed by atoms with Crippen molar-refractivity contribution >= 4 is 0 Å². The Balaban J connectivity index is 3.91. The van der Waals surface area contributed by atoms with Gasteiger partial charge < -0.3 is 0 Å². The molecule has 0 rings (SSSR count). The predicted octanol–water partition coefficient (Wildman–Crippen LogP) is 0.178. The van der Waals surface area contributed by atoms with Crippen molar-refractivity contribution in [3.63, 3.8) is 0 Å². The summed E-state index contributed by atoms with van der Waals surface area (Å²) in [6.07, 6.45) is -1.06. The molecule has 8 heteroatoms.